The third-order valence-corrected chi connectivity index (χ3v) is 7.72. The second-order valence-electron chi connectivity index (χ2n) is 7.99. The highest BCUT2D eigenvalue weighted by atomic mass is 79.9. The Morgan fingerprint density at radius 2 is 1.76 bits per heavy atom. The molecule has 2 atom stereocenters. The summed E-state index contributed by atoms with van der Waals surface area (Å²) in [4.78, 5) is 27.8. The van der Waals surface area contributed by atoms with E-state index in [4.69, 9.17) is 23.2 Å². The van der Waals surface area contributed by atoms with Crippen LogP contribution in [0, 0.1) is 0 Å². The zero-order valence-electron chi connectivity index (χ0n) is 19.4. The molecular formula is C23H28BrCl2N3O4S. The van der Waals surface area contributed by atoms with Gasteiger partial charge in [-0.1, -0.05) is 64.3 Å². The number of carbonyl (C=O) groups excluding carboxylic acids is 2. The molecule has 7 nitrogen and oxygen atoms in total. The summed E-state index contributed by atoms with van der Waals surface area (Å²) in [6, 6.07) is 11.0. The standard InChI is InChI=1S/C23H28BrCl2N3O4S/c1-5-15(2)27-23(31)16(3)28(13-17-8-6-9-18(24)12-17)21(30)14-29(34(4,32)33)20-11-7-10-19(25)22(20)26/h6-12,15-16H,5,13-14H2,1-4H3,(H,27,31). The lowest BCUT2D eigenvalue weighted by Crippen LogP contribution is -2.52. The van der Waals surface area contributed by atoms with Crippen LogP contribution in [0.1, 0.15) is 32.8 Å². The summed E-state index contributed by atoms with van der Waals surface area (Å²) in [7, 11) is -3.90. The maximum Gasteiger partial charge on any atom is 0.244 e. The molecule has 2 aromatic carbocycles. The lowest BCUT2D eigenvalue weighted by atomic mass is 10.1. The first-order valence-corrected chi connectivity index (χ1v) is 14.0. The lowest BCUT2D eigenvalue weighted by Gasteiger charge is -2.32. The third-order valence-electron chi connectivity index (χ3n) is 5.29. The summed E-state index contributed by atoms with van der Waals surface area (Å²) in [6.45, 7) is 4.99. The smallest absolute Gasteiger partial charge is 0.244 e. The van der Waals surface area contributed by atoms with Crippen molar-refractivity contribution in [1.29, 1.82) is 0 Å². The summed E-state index contributed by atoms with van der Waals surface area (Å²) < 4.78 is 26.9. The normalized spacial score (nSPS) is 13.1. The molecule has 0 heterocycles. The molecule has 2 unspecified atom stereocenters. The van der Waals surface area contributed by atoms with Gasteiger partial charge in [0.25, 0.3) is 0 Å². The Labute approximate surface area is 219 Å². The van der Waals surface area contributed by atoms with Crippen molar-refractivity contribution in [3.05, 3.63) is 62.5 Å². The molecule has 0 saturated heterocycles. The van der Waals surface area contributed by atoms with Crippen molar-refractivity contribution in [1.82, 2.24) is 10.2 Å². The van der Waals surface area contributed by atoms with Crippen LogP contribution in [0.15, 0.2) is 46.9 Å². The highest BCUT2D eigenvalue weighted by molar-refractivity contribution is 9.10. The van der Waals surface area contributed by atoms with Crippen LogP contribution in [0.25, 0.3) is 0 Å². The van der Waals surface area contributed by atoms with Crippen LogP contribution in [0.3, 0.4) is 0 Å². The van der Waals surface area contributed by atoms with Gasteiger partial charge in [-0.3, -0.25) is 13.9 Å². The van der Waals surface area contributed by atoms with E-state index >= 15 is 0 Å². The van der Waals surface area contributed by atoms with Crippen molar-refractivity contribution in [2.45, 2.75) is 45.8 Å². The molecule has 2 rings (SSSR count). The molecule has 0 fully saturated rings. The van der Waals surface area contributed by atoms with E-state index in [1.165, 1.54) is 17.0 Å². The Morgan fingerprint density at radius 3 is 2.35 bits per heavy atom. The van der Waals surface area contributed by atoms with Gasteiger partial charge in [0.05, 0.1) is 22.0 Å². The van der Waals surface area contributed by atoms with Crippen LogP contribution in [0.2, 0.25) is 10.0 Å². The molecule has 0 bridgehead atoms. The van der Waals surface area contributed by atoms with Crippen molar-refractivity contribution < 1.29 is 18.0 Å². The lowest BCUT2D eigenvalue weighted by molar-refractivity contribution is -0.139. The van der Waals surface area contributed by atoms with E-state index in [0.717, 1.165) is 27.0 Å². The Balaban J connectivity index is 2.43. The van der Waals surface area contributed by atoms with Crippen molar-refractivity contribution in [2.75, 3.05) is 17.1 Å². The molecule has 1 N–H and O–H groups in total. The predicted molar refractivity (Wildman–Crippen MR) is 141 cm³/mol. The zero-order chi connectivity index (χ0) is 25.6. The number of amides is 2. The molecule has 2 aromatic rings. The van der Waals surface area contributed by atoms with Crippen LogP contribution >= 0.6 is 39.1 Å². The van der Waals surface area contributed by atoms with Gasteiger partial charge in [0.15, 0.2) is 0 Å². The van der Waals surface area contributed by atoms with Crippen molar-refractivity contribution in [2.24, 2.45) is 0 Å². The highest BCUT2D eigenvalue weighted by Crippen LogP contribution is 2.33. The van der Waals surface area contributed by atoms with Crippen molar-refractivity contribution in [3.63, 3.8) is 0 Å². The van der Waals surface area contributed by atoms with Crippen molar-refractivity contribution >= 4 is 66.7 Å². The monoisotopic (exact) mass is 591 g/mol. The average molecular weight is 593 g/mol. The van der Waals surface area contributed by atoms with Crippen LogP contribution in [0.4, 0.5) is 5.69 Å². The Morgan fingerprint density at radius 1 is 1.12 bits per heavy atom. The number of rotatable bonds is 10. The van der Waals surface area contributed by atoms with Gasteiger partial charge in [0.2, 0.25) is 21.8 Å². The number of anilines is 1. The summed E-state index contributed by atoms with van der Waals surface area (Å²) in [5.74, 6) is -0.891. The largest absolute Gasteiger partial charge is 0.352 e. The molecule has 0 spiro atoms. The maximum absolute atomic E-state index is 13.5. The molecule has 11 heteroatoms. The van der Waals surface area contributed by atoms with Crippen LogP contribution in [-0.4, -0.2) is 50.0 Å². The topological polar surface area (TPSA) is 86.8 Å². The predicted octanol–water partition coefficient (Wildman–Crippen LogP) is 4.85. The van der Waals surface area contributed by atoms with Gasteiger partial charge in [-0.15, -0.1) is 0 Å². The quantitative estimate of drug-likeness (QED) is 0.427. The summed E-state index contributed by atoms with van der Waals surface area (Å²) >= 11 is 15.7. The number of halogens is 3. The summed E-state index contributed by atoms with van der Waals surface area (Å²) in [5.41, 5.74) is 0.863. The van der Waals surface area contributed by atoms with E-state index < -0.39 is 28.5 Å². The molecule has 0 aliphatic rings. The van der Waals surface area contributed by atoms with Crippen LogP contribution < -0.4 is 9.62 Å². The maximum atomic E-state index is 13.5. The summed E-state index contributed by atoms with van der Waals surface area (Å²) in [6.07, 6.45) is 1.71. The number of sulfonamides is 1. The number of carbonyl (C=O) groups is 2. The number of hydrogen-bond acceptors (Lipinski definition) is 4. The number of nitrogens with zero attached hydrogens (tertiary/aromatic N) is 2. The highest BCUT2D eigenvalue weighted by Gasteiger charge is 2.31. The minimum atomic E-state index is -3.90. The molecule has 0 aromatic heterocycles. The van der Waals surface area contributed by atoms with Gasteiger partial charge >= 0.3 is 0 Å². The molecule has 2 amide bonds. The van der Waals surface area contributed by atoms with Gasteiger partial charge < -0.3 is 10.2 Å². The van der Waals surface area contributed by atoms with E-state index in [2.05, 4.69) is 21.2 Å². The zero-order valence-corrected chi connectivity index (χ0v) is 23.3. The fourth-order valence-electron chi connectivity index (χ4n) is 3.16. The molecule has 186 valence electrons. The molecule has 0 saturated carbocycles. The molecule has 0 radical (unpaired) electrons. The Hall–Kier alpha value is -1.81. The van der Waals surface area contributed by atoms with Crippen LogP contribution in [-0.2, 0) is 26.2 Å². The Kier molecular flexibility index (Phi) is 10.2. The fraction of sp³-hybridized carbons (Fsp3) is 0.391. The molecule has 0 aliphatic carbocycles. The fourth-order valence-corrected chi connectivity index (χ4v) is 4.91. The Bertz CT molecular complexity index is 1150. The van der Waals surface area contributed by atoms with Crippen LogP contribution in [0.5, 0.6) is 0 Å². The number of benzene rings is 2. The van der Waals surface area contributed by atoms with Gasteiger partial charge in [-0.2, -0.15) is 0 Å². The summed E-state index contributed by atoms with van der Waals surface area (Å²) in [5, 5.41) is 3.06. The van der Waals surface area contributed by atoms with E-state index in [-0.39, 0.29) is 34.2 Å². The van der Waals surface area contributed by atoms with Gasteiger partial charge in [0, 0.05) is 17.1 Å². The average Bonchev–Trinajstić information content (AvgIpc) is 2.76. The first-order chi connectivity index (χ1) is 15.8. The number of nitrogens with one attached hydrogen (secondary N) is 1. The number of hydrogen-bond donors (Lipinski definition) is 1. The minimum absolute atomic E-state index is 0.0171. The second-order valence-corrected chi connectivity index (χ2v) is 11.6. The van der Waals surface area contributed by atoms with Gasteiger partial charge in [0.1, 0.15) is 12.6 Å². The molecule has 0 aliphatic heterocycles. The SMILES string of the molecule is CCC(C)NC(=O)C(C)N(Cc1cccc(Br)c1)C(=O)CN(c1cccc(Cl)c1Cl)S(C)(=O)=O. The van der Waals surface area contributed by atoms with Gasteiger partial charge in [-0.25, -0.2) is 8.42 Å². The molecular weight excluding hydrogens is 565 g/mol. The van der Waals surface area contributed by atoms with Gasteiger partial charge in [-0.05, 0) is 50.1 Å². The first-order valence-electron chi connectivity index (χ1n) is 10.6. The first kappa shape index (κ1) is 28.4. The van der Waals surface area contributed by atoms with E-state index in [1.807, 2.05) is 38.1 Å². The van der Waals surface area contributed by atoms with E-state index in [1.54, 1.807) is 13.0 Å². The van der Waals surface area contributed by atoms with E-state index in [9.17, 15) is 18.0 Å². The van der Waals surface area contributed by atoms with E-state index in [0.29, 0.717) is 0 Å². The van der Waals surface area contributed by atoms with Crippen molar-refractivity contribution in [3.8, 4) is 0 Å². The second kappa shape index (κ2) is 12.2. The third kappa shape index (κ3) is 7.60. The molecule has 34 heavy (non-hydrogen) atoms. The minimum Gasteiger partial charge on any atom is -0.352 e.